The molecule has 1 atom stereocenters. The molecule has 3 rings (SSSR count). The molecule has 0 aliphatic heterocycles. The van der Waals surface area contributed by atoms with E-state index in [1.165, 1.54) is 23.3 Å². The molecule has 1 aromatic heterocycles. The van der Waals surface area contributed by atoms with E-state index in [-0.39, 0.29) is 6.04 Å². The van der Waals surface area contributed by atoms with Crippen molar-refractivity contribution in [2.75, 3.05) is 0 Å². The van der Waals surface area contributed by atoms with E-state index in [4.69, 9.17) is 10.6 Å². The summed E-state index contributed by atoms with van der Waals surface area (Å²) in [5, 5.41) is 2.13. The van der Waals surface area contributed by atoms with Crippen LogP contribution in [0.3, 0.4) is 0 Å². The molecular formula is C17H22N2OS. The van der Waals surface area contributed by atoms with E-state index in [1.54, 1.807) is 0 Å². The van der Waals surface area contributed by atoms with Crippen molar-refractivity contribution >= 4 is 11.3 Å². The Morgan fingerprint density at radius 2 is 2.19 bits per heavy atom. The lowest BCUT2D eigenvalue weighted by Crippen LogP contribution is -2.28. The normalized spacial score (nSPS) is 15.9. The smallest absolute Gasteiger partial charge is 0.120 e. The van der Waals surface area contributed by atoms with Crippen molar-refractivity contribution < 1.29 is 4.74 Å². The van der Waals surface area contributed by atoms with Gasteiger partial charge in [-0.15, -0.1) is 11.3 Å². The first-order valence-electron chi connectivity index (χ1n) is 7.60. The van der Waals surface area contributed by atoms with E-state index in [1.807, 2.05) is 17.4 Å². The quantitative estimate of drug-likeness (QED) is 0.576. The molecule has 112 valence electrons. The third-order valence-electron chi connectivity index (χ3n) is 3.78. The SMILES string of the molecule is NNC(CCCc1cccs1)c1cccc(OC2CC2)c1. The van der Waals surface area contributed by atoms with E-state index in [0.717, 1.165) is 25.0 Å². The van der Waals surface area contributed by atoms with Gasteiger partial charge < -0.3 is 4.74 Å². The standard InChI is InChI=1S/C17H22N2OS/c18-19-17(8-2-6-16-7-3-11-21-16)13-4-1-5-15(12-13)20-14-9-10-14/h1,3-5,7,11-12,14,17,19H,2,6,8-10,18H2. The summed E-state index contributed by atoms with van der Waals surface area (Å²) in [4.78, 5) is 1.44. The van der Waals surface area contributed by atoms with Gasteiger partial charge in [0.15, 0.2) is 0 Å². The number of thiophene rings is 1. The molecule has 4 heteroatoms. The summed E-state index contributed by atoms with van der Waals surface area (Å²) in [7, 11) is 0. The van der Waals surface area contributed by atoms with Crippen LogP contribution in [0.25, 0.3) is 0 Å². The number of aryl methyl sites for hydroxylation is 1. The van der Waals surface area contributed by atoms with Gasteiger partial charge in [-0.2, -0.15) is 0 Å². The summed E-state index contributed by atoms with van der Waals surface area (Å²) in [6, 6.07) is 12.8. The number of hydrogen-bond acceptors (Lipinski definition) is 4. The average molecular weight is 302 g/mol. The number of rotatable bonds is 8. The molecule has 0 bridgehead atoms. The molecule has 3 nitrogen and oxygen atoms in total. The number of benzene rings is 1. The van der Waals surface area contributed by atoms with Crippen LogP contribution >= 0.6 is 11.3 Å². The van der Waals surface area contributed by atoms with Crippen molar-refractivity contribution in [2.45, 2.75) is 44.2 Å². The van der Waals surface area contributed by atoms with Crippen LogP contribution in [0, 0.1) is 0 Å². The minimum absolute atomic E-state index is 0.188. The zero-order chi connectivity index (χ0) is 14.5. The van der Waals surface area contributed by atoms with E-state index < -0.39 is 0 Å². The first kappa shape index (κ1) is 14.6. The number of hydrogen-bond donors (Lipinski definition) is 2. The second kappa shape index (κ2) is 7.07. The van der Waals surface area contributed by atoms with E-state index >= 15 is 0 Å². The lowest BCUT2D eigenvalue weighted by Gasteiger charge is -2.17. The monoisotopic (exact) mass is 302 g/mol. The maximum atomic E-state index is 5.86. The molecular weight excluding hydrogens is 280 g/mol. The number of hydrazine groups is 1. The second-order valence-electron chi connectivity index (χ2n) is 5.58. The van der Waals surface area contributed by atoms with Crippen molar-refractivity contribution in [3.8, 4) is 5.75 Å². The van der Waals surface area contributed by atoms with Crippen LogP contribution in [0.5, 0.6) is 5.75 Å². The van der Waals surface area contributed by atoms with Crippen LogP contribution < -0.4 is 16.0 Å². The molecule has 1 fully saturated rings. The highest BCUT2D eigenvalue weighted by Gasteiger charge is 2.23. The van der Waals surface area contributed by atoms with Crippen molar-refractivity contribution in [2.24, 2.45) is 5.84 Å². The highest BCUT2D eigenvalue weighted by molar-refractivity contribution is 7.09. The van der Waals surface area contributed by atoms with Crippen LogP contribution in [-0.4, -0.2) is 6.10 Å². The van der Waals surface area contributed by atoms with E-state index in [9.17, 15) is 0 Å². The van der Waals surface area contributed by atoms with Crippen molar-refractivity contribution in [1.29, 1.82) is 0 Å². The highest BCUT2D eigenvalue weighted by Crippen LogP contribution is 2.29. The van der Waals surface area contributed by atoms with Gasteiger partial charge in [0.1, 0.15) is 5.75 Å². The van der Waals surface area contributed by atoms with Gasteiger partial charge in [-0.3, -0.25) is 11.3 Å². The number of ether oxygens (including phenoxy) is 1. The van der Waals surface area contributed by atoms with Crippen LogP contribution in [0.1, 0.15) is 42.2 Å². The maximum absolute atomic E-state index is 5.86. The first-order valence-corrected chi connectivity index (χ1v) is 8.48. The van der Waals surface area contributed by atoms with Gasteiger partial charge in [-0.1, -0.05) is 18.2 Å². The maximum Gasteiger partial charge on any atom is 0.120 e. The van der Waals surface area contributed by atoms with Gasteiger partial charge in [0, 0.05) is 10.9 Å². The molecule has 1 aliphatic rings. The molecule has 1 aliphatic carbocycles. The van der Waals surface area contributed by atoms with Gasteiger partial charge in [-0.25, -0.2) is 0 Å². The molecule has 0 amide bonds. The van der Waals surface area contributed by atoms with Crippen molar-refractivity contribution in [3.05, 3.63) is 52.2 Å². The Labute approximate surface area is 130 Å². The molecule has 1 unspecified atom stereocenters. The van der Waals surface area contributed by atoms with Crippen LogP contribution in [0.15, 0.2) is 41.8 Å². The van der Waals surface area contributed by atoms with Crippen molar-refractivity contribution in [3.63, 3.8) is 0 Å². The fourth-order valence-electron chi connectivity index (χ4n) is 2.46. The molecule has 1 heterocycles. The lowest BCUT2D eigenvalue weighted by molar-refractivity contribution is 0.302. The summed E-state index contributed by atoms with van der Waals surface area (Å²) in [6.45, 7) is 0. The molecule has 1 aromatic carbocycles. The Morgan fingerprint density at radius 1 is 1.29 bits per heavy atom. The summed E-state index contributed by atoms with van der Waals surface area (Å²) < 4.78 is 5.86. The predicted octanol–water partition coefficient (Wildman–Crippen LogP) is 3.82. The van der Waals surface area contributed by atoms with Crippen LogP contribution in [0.4, 0.5) is 0 Å². The zero-order valence-electron chi connectivity index (χ0n) is 12.1. The largest absolute Gasteiger partial charge is 0.490 e. The third-order valence-corrected chi connectivity index (χ3v) is 4.72. The molecule has 1 saturated carbocycles. The molecule has 0 radical (unpaired) electrons. The molecule has 0 spiro atoms. The van der Waals surface area contributed by atoms with Gasteiger partial charge in [0.05, 0.1) is 6.10 Å². The van der Waals surface area contributed by atoms with E-state index in [0.29, 0.717) is 6.10 Å². The topological polar surface area (TPSA) is 47.3 Å². The van der Waals surface area contributed by atoms with Crippen LogP contribution in [0.2, 0.25) is 0 Å². The molecule has 3 N–H and O–H groups in total. The molecule has 2 aromatic rings. The number of nitrogens with one attached hydrogen (secondary N) is 1. The lowest BCUT2D eigenvalue weighted by atomic mass is 10.0. The predicted molar refractivity (Wildman–Crippen MR) is 87.4 cm³/mol. The Bertz CT molecular complexity index is 552. The fourth-order valence-corrected chi connectivity index (χ4v) is 3.22. The summed E-state index contributed by atoms with van der Waals surface area (Å²) >= 11 is 1.82. The van der Waals surface area contributed by atoms with Crippen molar-refractivity contribution in [1.82, 2.24) is 5.43 Å². The third kappa shape index (κ3) is 4.30. The van der Waals surface area contributed by atoms with E-state index in [2.05, 4.69) is 41.1 Å². The highest BCUT2D eigenvalue weighted by atomic mass is 32.1. The zero-order valence-corrected chi connectivity index (χ0v) is 12.9. The Hall–Kier alpha value is -1.36. The van der Waals surface area contributed by atoms with Gasteiger partial charge >= 0.3 is 0 Å². The minimum Gasteiger partial charge on any atom is -0.490 e. The van der Waals surface area contributed by atoms with Gasteiger partial charge in [0.25, 0.3) is 0 Å². The Kier molecular flexibility index (Phi) is 4.91. The first-order chi connectivity index (χ1) is 10.3. The van der Waals surface area contributed by atoms with Gasteiger partial charge in [0.2, 0.25) is 0 Å². The van der Waals surface area contributed by atoms with Gasteiger partial charge in [-0.05, 0) is 61.2 Å². The van der Waals surface area contributed by atoms with Crippen LogP contribution in [-0.2, 0) is 6.42 Å². The second-order valence-corrected chi connectivity index (χ2v) is 6.61. The summed E-state index contributed by atoms with van der Waals surface area (Å²) in [5.41, 5.74) is 4.15. The molecule has 0 saturated heterocycles. The summed E-state index contributed by atoms with van der Waals surface area (Å²) in [6.07, 6.45) is 6.08. The molecule has 21 heavy (non-hydrogen) atoms. The summed E-state index contributed by atoms with van der Waals surface area (Å²) in [5.74, 6) is 6.71. The average Bonchev–Trinajstić information content (AvgIpc) is 3.16. The Morgan fingerprint density at radius 3 is 2.90 bits per heavy atom. The fraction of sp³-hybridized carbons (Fsp3) is 0.412. The number of nitrogens with two attached hydrogens (primary N) is 1. The Balaban J connectivity index is 1.56. The minimum atomic E-state index is 0.188.